The summed E-state index contributed by atoms with van der Waals surface area (Å²) >= 11 is 0. The second kappa shape index (κ2) is 9.00. The zero-order chi connectivity index (χ0) is 23.9. The fraction of sp³-hybridized carbons (Fsp3) is 0.379. The zero-order valence-electron chi connectivity index (χ0n) is 20.5. The van der Waals surface area contributed by atoms with Gasteiger partial charge in [-0.05, 0) is 79.3 Å². The zero-order valence-corrected chi connectivity index (χ0v) is 20.5. The Labute approximate surface area is 205 Å². The quantitative estimate of drug-likeness (QED) is 0.462. The topological polar surface area (TPSA) is 59.4 Å². The van der Waals surface area contributed by atoms with Gasteiger partial charge in [0, 0.05) is 31.3 Å². The van der Waals surface area contributed by atoms with Crippen molar-refractivity contribution >= 4 is 33.7 Å². The van der Waals surface area contributed by atoms with Crippen LogP contribution in [0.15, 0.2) is 54.6 Å². The van der Waals surface area contributed by atoms with Crippen molar-refractivity contribution in [1.29, 1.82) is 0 Å². The van der Waals surface area contributed by atoms with E-state index in [2.05, 4.69) is 83.2 Å². The van der Waals surface area contributed by atoms with Gasteiger partial charge in [-0.2, -0.15) is 0 Å². The summed E-state index contributed by atoms with van der Waals surface area (Å²) in [5.41, 5.74) is 5.76. The molecule has 1 aromatic heterocycles. The van der Waals surface area contributed by atoms with Gasteiger partial charge < -0.3 is 15.0 Å². The highest BCUT2D eigenvalue weighted by Gasteiger charge is 2.30. The van der Waals surface area contributed by atoms with Crippen LogP contribution < -0.4 is 10.2 Å². The number of hydrogen-bond acceptors (Lipinski definition) is 4. The van der Waals surface area contributed by atoms with Crippen LogP contribution in [0.1, 0.15) is 30.4 Å². The third-order valence-electron chi connectivity index (χ3n) is 7.67. The van der Waals surface area contributed by atoms with Gasteiger partial charge in [0.2, 0.25) is 11.9 Å². The van der Waals surface area contributed by atoms with Crippen molar-refractivity contribution < 1.29 is 9.53 Å². The SMILES string of the molecule is Cc1cc2nc(N3CCC(C(=O)N[C@@H]4CCOC4)CC3)n(-c3ccc4ccccc4c3)c2cc1C. The Morgan fingerprint density at radius 1 is 0.971 bits per heavy atom. The number of imidazole rings is 1. The average Bonchev–Trinajstić information content (AvgIpc) is 3.52. The van der Waals surface area contributed by atoms with Gasteiger partial charge in [-0.15, -0.1) is 0 Å². The fourth-order valence-corrected chi connectivity index (χ4v) is 5.41. The van der Waals surface area contributed by atoms with Gasteiger partial charge >= 0.3 is 0 Å². The number of ether oxygens (including phenoxy) is 1. The van der Waals surface area contributed by atoms with Gasteiger partial charge in [-0.1, -0.05) is 30.3 Å². The number of fused-ring (bicyclic) bond motifs is 2. The Morgan fingerprint density at radius 3 is 2.51 bits per heavy atom. The molecule has 3 heterocycles. The van der Waals surface area contributed by atoms with Crippen molar-refractivity contribution in [1.82, 2.24) is 14.9 Å². The number of anilines is 1. The van der Waals surface area contributed by atoms with E-state index in [0.29, 0.717) is 6.61 Å². The Kier molecular flexibility index (Phi) is 5.69. The molecule has 0 spiro atoms. The van der Waals surface area contributed by atoms with Crippen molar-refractivity contribution in [3.8, 4) is 5.69 Å². The van der Waals surface area contributed by atoms with Crippen molar-refractivity contribution in [3.05, 3.63) is 65.7 Å². The molecule has 0 saturated carbocycles. The van der Waals surface area contributed by atoms with E-state index in [0.717, 1.165) is 61.6 Å². The summed E-state index contributed by atoms with van der Waals surface area (Å²) in [4.78, 5) is 20.3. The van der Waals surface area contributed by atoms with E-state index >= 15 is 0 Å². The molecule has 0 radical (unpaired) electrons. The van der Waals surface area contributed by atoms with Crippen molar-refractivity contribution in [2.75, 3.05) is 31.2 Å². The molecule has 6 nitrogen and oxygen atoms in total. The summed E-state index contributed by atoms with van der Waals surface area (Å²) in [5.74, 6) is 1.19. The third-order valence-corrected chi connectivity index (χ3v) is 7.67. The minimum atomic E-state index is 0.0508. The summed E-state index contributed by atoms with van der Waals surface area (Å²) in [5, 5.41) is 5.63. The molecular weight excluding hydrogens is 436 g/mol. The molecule has 1 atom stereocenters. The first-order valence-electron chi connectivity index (χ1n) is 12.7. The maximum Gasteiger partial charge on any atom is 0.223 e. The van der Waals surface area contributed by atoms with Crippen LogP contribution in [0.5, 0.6) is 0 Å². The predicted octanol–water partition coefficient (Wildman–Crippen LogP) is 4.92. The summed E-state index contributed by atoms with van der Waals surface area (Å²) in [6.07, 6.45) is 2.58. The van der Waals surface area contributed by atoms with Gasteiger partial charge in [0.25, 0.3) is 0 Å². The Bertz CT molecular complexity index is 1390. The second-order valence-corrected chi connectivity index (χ2v) is 10.0. The molecule has 0 bridgehead atoms. The number of carbonyl (C=O) groups is 1. The monoisotopic (exact) mass is 468 g/mol. The molecular formula is C29H32N4O2. The van der Waals surface area contributed by atoms with Crippen LogP contribution in [0, 0.1) is 19.8 Å². The van der Waals surface area contributed by atoms with Crippen molar-refractivity contribution in [2.24, 2.45) is 5.92 Å². The van der Waals surface area contributed by atoms with Gasteiger partial charge in [-0.3, -0.25) is 9.36 Å². The molecule has 1 amide bonds. The van der Waals surface area contributed by atoms with Crippen LogP contribution in [-0.2, 0) is 9.53 Å². The summed E-state index contributed by atoms with van der Waals surface area (Å²) in [7, 11) is 0. The van der Waals surface area contributed by atoms with E-state index in [9.17, 15) is 4.79 Å². The first-order valence-corrected chi connectivity index (χ1v) is 12.7. The lowest BCUT2D eigenvalue weighted by atomic mass is 9.95. The van der Waals surface area contributed by atoms with Gasteiger partial charge in [0.15, 0.2) is 0 Å². The van der Waals surface area contributed by atoms with Gasteiger partial charge in [-0.25, -0.2) is 4.98 Å². The molecule has 4 aromatic rings. The fourth-order valence-electron chi connectivity index (χ4n) is 5.41. The van der Waals surface area contributed by atoms with Gasteiger partial charge in [0.05, 0.1) is 23.7 Å². The summed E-state index contributed by atoms with van der Waals surface area (Å²) in [6, 6.07) is 19.7. The molecule has 6 rings (SSSR count). The van der Waals surface area contributed by atoms with E-state index in [-0.39, 0.29) is 17.9 Å². The normalized spacial score (nSPS) is 19.0. The number of hydrogen-bond donors (Lipinski definition) is 1. The number of rotatable bonds is 4. The van der Waals surface area contributed by atoms with Crippen LogP contribution in [0.3, 0.4) is 0 Å². The Hall–Kier alpha value is -3.38. The highest BCUT2D eigenvalue weighted by Crippen LogP contribution is 2.32. The summed E-state index contributed by atoms with van der Waals surface area (Å²) < 4.78 is 7.71. The molecule has 2 saturated heterocycles. The lowest BCUT2D eigenvalue weighted by Crippen LogP contribution is -2.44. The van der Waals surface area contributed by atoms with Crippen LogP contribution in [0.2, 0.25) is 0 Å². The van der Waals surface area contributed by atoms with Crippen molar-refractivity contribution in [2.45, 2.75) is 39.2 Å². The van der Waals surface area contributed by atoms with E-state index in [1.54, 1.807) is 0 Å². The van der Waals surface area contributed by atoms with Gasteiger partial charge in [0.1, 0.15) is 0 Å². The molecule has 35 heavy (non-hydrogen) atoms. The first kappa shape index (κ1) is 22.1. The molecule has 1 N–H and O–H groups in total. The highest BCUT2D eigenvalue weighted by atomic mass is 16.5. The maximum atomic E-state index is 12.8. The smallest absolute Gasteiger partial charge is 0.223 e. The second-order valence-electron chi connectivity index (χ2n) is 10.0. The molecule has 0 unspecified atom stereocenters. The van der Waals surface area contributed by atoms with E-state index < -0.39 is 0 Å². The lowest BCUT2D eigenvalue weighted by Gasteiger charge is -2.33. The predicted molar refractivity (Wildman–Crippen MR) is 140 cm³/mol. The van der Waals surface area contributed by atoms with Crippen molar-refractivity contribution in [3.63, 3.8) is 0 Å². The molecule has 2 fully saturated rings. The standard InChI is InChI=1S/C29H32N4O2/c1-19-15-26-27(16-20(19)2)33(25-8-7-21-5-3-4-6-23(21)17-25)29(31-26)32-12-9-22(10-13-32)28(34)30-24-11-14-35-18-24/h3-8,15-17,22,24H,9-14,18H2,1-2H3,(H,30,34)/t24-/m1/s1. The Balaban J connectivity index is 1.33. The number of piperidine rings is 1. The van der Waals surface area contributed by atoms with Crippen LogP contribution in [0.4, 0.5) is 5.95 Å². The number of aryl methyl sites for hydroxylation is 2. The molecule has 3 aromatic carbocycles. The van der Waals surface area contributed by atoms with E-state index in [1.165, 1.54) is 21.9 Å². The maximum absolute atomic E-state index is 12.8. The molecule has 6 heteroatoms. The number of carbonyl (C=O) groups excluding carboxylic acids is 1. The van der Waals surface area contributed by atoms with E-state index in [1.807, 2.05) is 0 Å². The minimum Gasteiger partial charge on any atom is -0.379 e. The van der Waals surface area contributed by atoms with Crippen LogP contribution >= 0.6 is 0 Å². The number of aromatic nitrogens is 2. The van der Waals surface area contributed by atoms with Crippen LogP contribution in [-0.4, -0.2) is 47.8 Å². The number of amides is 1. The Morgan fingerprint density at radius 2 is 1.74 bits per heavy atom. The lowest BCUT2D eigenvalue weighted by molar-refractivity contribution is -0.126. The highest BCUT2D eigenvalue weighted by molar-refractivity contribution is 5.88. The molecule has 0 aliphatic carbocycles. The minimum absolute atomic E-state index is 0.0508. The average molecular weight is 469 g/mol. The number of nitrogens with zero attached hydrogens (tertiary/aromatic N) is 3. The summed E-state index contributed by atoms with van der Waals surface area (Å²) in [6.45, 7) is 7.31. The first-order chi connectivity index (χ1) is 17.1. The number of nitrogens with one attached hydrogen (secondary N) is 1. The largest absolute Gasteiger partial charge is 0.379 e. The van der Waals surface area contributed by atoms with E-state index in [4.69, 9.17) is 9.72 Å². The number of benzene rings is 3. The third kappa shape index (κ3) is 4.16. The molecule has 180 valence electrons. The molecule has 2 aliphatic heterocycles. The van der Waals surface area contributed by atoms with Crippen LogP contribution in [0.25, 0.3) is 27.5 Å². The molecule has 2 aliphatic rings.